The minimum atomic E-state index is -3.70. The molecule has 28 heavy (non-hydrogen) atoms. The van der Waals surface area contributed by atoms with Crippen molar-refractivity contribution in [3.63, 3.8) is 0 Å². The van der Waals surface area contributed by atoms with E-state index in [2.05, 4.69) is 5.32 Å². The van der Waals surface area contributed by atoms with E-state index in [4.69, 9.17) is 9.47 Å². The van der Waals surface area contributed by atoms with Gasteiger partial charge in [0.25, 0.3) is 5.91 Å². The Morgan fingerprint density at radius 1 is 1.11 bits per heavy atom. The Labute approximate surface area is 164 Å². The second-order valence-corrected chi connectivity index (χ2v) is 8.24. The number of sulfonamides is 1. The zero-order chi connectivity index (χ0) is 20.9. The molecular weight excluding hydrogens is 384 g/mol. The number of carbonyl (C=O) groups excluding carboxylic acids is 2. The number of aryl methyl sites for hydroxylation is 1. The second kappa shape index (κ2) is 8.85. The van der Waals surface area contributed by atoms with Crippen LogP contribution in [0.1, 0.15) is 15.9 Å². The van der Waals surface area contributed by atoms with Crippen LogP contribution in [-0.4, -0.2) is 52.4 Å². The van der Waals surface area contributed by atoms with Crippen molar-refractivity contribution in [3.8, 4) is 5.75 Å². The quantitative estimate of drug-likeness (QED) is 0.706. The fraction of sp³-hybridized carbons (Fsp3) is 0.263. The van der Waals surface area contributed by atoms with Crippen molar-refractivity contribution >= 4 is 27.6 Å². The molecule has 2 rings (SSSR count). The molecule has 1 N–H and O–H groups in total. The van der Waals surface area contributed by atoms with Crippen LogP contribution in [0.2, 0.25) is 0 Å². The summed E-state index contributed by atoms with van der Waals surface area (Å²) >= 11 is 0. The summed E-state index contributed by atoms with van der Waals surface area (Å²) in [5.74, 6) is -0.865. The third-order valence-corrected chi connectivity index (χ3v) is 5.73. The van der Waals surface area contributed by atoms with Gasteiger partial charge in [-0.1, -0.05) is 18.2 Å². The van der Waals surface area contributed by atoms with E-state index in [-0.39, 0.29) is 10.5 Å². The van der Waals surface area contributed by atoms with Gasteiger partial charge in [0, 0.05) is 14.1 Å². The summed E-state index contributed by atoms with van der Waals surface area (Å²) in [5.41, 5.74) is 1.06. The molecule has 0 unspecified atom stereocenters. The normalized spacial score (nSPS) is 11.2. The maximum atomic E-state index is 12.4. The van der Waals surface area contributed by atoms with Gasteiger partial charge in [0.15, 0.2) is 6.61 Å². The molecule has 0 aliphatic carbocycles. The number of hydrogen-bond acceptors (Lipinski definition) is 6. The number of nitrogens with zero attached hydrogens (tertiary/aromatic N) is 1. The molecule has 0 heterocycles. The van der Waals surface area contributed by atoms with Crippen LogP contribution in [0.5, 0.6) is 5.75 Å². The van der Waals surface area contributed by atoms with Crippen molar-refractivity contribution in [3.05, 3.63) is 53.6 Å². The Morgan fingerprint density at radius 2 is 1.79 bits per heavy atom. The van der Waals surface area contributed by atoms with E-state index in [0.29, 0.717) is 17.0 Å². The molecular formula is C19H22N2O6S. The van der Waals surface area contributed by atoms with E-state index in [0.717, 1.165) is 4.31 Å². The summed E-state index contributed by atoms with van der Waals surface area (Å²) < 4.78 is 35.7. The average Bonchev–Trinajstić information content (AvgIpc) is 2.66. The number of anilines is 1. The lowest BCUT2D eigenvalue weighted by molar-refractivity contribution is -0.119. The topological polar surface area (TPSA) is 102 Å². The molecule has 9 heteroatoms. The molecule has 2 aromatic carbocycles. The first-order chi connectivity index (χ1) is 13.2. The van der Waals surface area contributed by atoms with Crippen molar-refractivity contribution in [1.82, 2.24) is 4.31 Å². The van der Waals surface area contributed by atoms with Gasteiger partial charge < -0.3 is 14.8 Å². The molecule has 0 saturated carbocycles. The van der Waals surface area contributed by atoms with E-state index in [9.17, 15) is 18.0 Å². The van der Waals surface area contributed by atoms with Gasteiger partial charge in [0.2, 0.25) is 10.0 Å². The smallest absolute Gasteiger partial charge is 0.338 e. The standard InChI is InChI=1S/C19H22N2O6S/c1-13-9-10-14(28(24,25)21(2)3)11-15(13)19(23)27-12-18(22)20-16-7-5-6-8-17(16)26-4/h5-11H,12H2,1-4H3,(H,20,22). The van der Waals surface area contributed by atoms with Crippen LogP contribution in [0.3, 0.4) is 0 Å². The average molecular weight is 406 g/mol. The number of hydrogen-bond donors (Lipinski definition) is 1. The number of para-hydroxylation sites is 2. The number of amides is 1. The highest BCUT2D eigenvalue weighted by atomic mass is 32.2. The number of esters is 1. The highest BCUT2D eigenvalue weighted by Gasteiger charge is 2.21. The second-order valence-electron chi connectivity index (χ2n) is 6.09. The van der Waals surface area contributed by atoms with Gasteiger partial charge >= 0.3 is 5.97 Å². The zero-order valence-electron chi connectivity index (χ0n) is 16.1. The first-order valence-corrected chi connectivity index (χ1v) is 9.74. The van der Waals surface area contributed by atoms with Crippen molar-refractivity contribution in [2.24, 2.45) is 0 Å². The Balaban J connectivity index is 2.10. The molecule has 2 aromatic rings. The number of methoxy groups -OCH3 is 1. The summed E-state index contributed by atoms with van der Waals surface area (Å²) in [5, 5.41) is 2.59. The van der Waals surface area contributed by atoms with Crippen LogP contribution < -0.4 is 10.1 Å². The third kappa shape index (κ3) is 4.87. The summed E-state index contributed by atoms with van der Waals surface area (Å²) in [4.78, 5) is 24.4. The van der Waals surface area contributed by atoms with E-state index in [1.165, 1.54) is 39.4 Å². The van der Waals surface area contributed by atoms with E-state index >= 15 is 0 Å². The molecule has 8 nitrogen and oxygen atoms in total. The van der Waals surface area contributed by atoms with Gasteiger partial charge in [-0.3, -0.25) is 4.79 Å². The predicted octanol–water partition coefficient (Wildman–Crippen LogP) is 2.05. The highest BCUT2D eigenvalue weighted by molar-refractivity contribution is 7.89. The first-order valence-electron chi connectivity index (χ1n) is 8.30. The number of benzene rings is 2. The van der Waals surface area contributed by atoms with Crippen LogP contribution in [0.4, 0.5) is 5.69 Å². The molecule has 0 aliphatic rings. The van der Waals surface area contributed by atoms with Crippen molar-refractivity contribution in [2.45, 2.75) is 11.8 Å². The fourth-order valence-corrected chi connectivity index (χ4v) is 3.26. The number of rotatable bonds is 7. The fourth-order valence-electron chi connectivity index (χ4n) is 2.34. The van der Waals surface area contributed by atoms with E-state index < -0.39 is 28.5 Å². The van der Waals surface area contributed by atoms with Gasteiger partial charge in [-0.25, -0.2) is 17.5 Å². The molecule has 0 aromatic heterocycles. The number of carbonyl (C=O) groups is 2. The minimum Gasteiger partial charge on any atom is -0.495 e. The van der Waals surface area contributed by atoms with Gasteiger partial charge in [-0.15, -0.1) is 0 Å². The maximum absolute atomic E-state index is 12.4. The molecule has 0 aliphatic heterocycles. The minimum absolute atomic E-state index is 0.0338. The van der Waals surface area contributed by atoms with Gasteiger partial charge in [-0.2, -0.15) is 0 Å². The van der Waals surface area contributed by atoms with Crippen molar-refractivity contribution in [1.29, 1.82) is 0 Å². The molecule has 0 bridgehead atoms. The largest absolute Gasteiger partial charge is 0.495 e. The lowest BCUT2D eigenvalue weighted by Crippen LogP contribution is -2.23. The van der Waals surface area contributed by atoms with Crippen LogP contribution in [0, 0.1) is 6.92 Å². The lowest BCUT2D eigenvalue weighted by atomic mass is 10.1. The first kappa shape index (κ1) is 21.4. The third-order valence-electron chi connectivity index (χ3n) is 3.92. The van der Waals surface area contributed by atoms with Crippen molar-refractivity contribution < 1.29 is 27.5 Å². The van der Waals surface area contributed by atoms with Gasteiger partial charge in [0.1, 0.15) is 5.75 Å². The van der Waals surface area contributed by atoms with Crippen LogP contribution >= 0.6 is 0 Å². The Kier molecular flexibility index (Phi) is 6.76. The van der Waals surface area contributed by atoms with Crippen LogP contribution in [0.15, 0.2) is 47.4 Å². The van der Waals surface area contributed by atoms with Gasteiger partial charge in [-0.05, 0) is 36.8 Å². The summed E-state index contributed by atoms with van der Waals surface area (Å²) in [6.45, 7) is 1.12. The SMILES string of the molecule is COc1ccccc1NC(=O)COC(=O)c1cc(S(=O)(=O)N(C)C)ccc1C. The van der Waals surface area contributed by atoms with Crippen LogP contribution in [0.25, 0.3) is 0 Å². The molecule has 0 spiro atoms. The Morgan fingerprint density at radius 3 is 2.43 bits per heavy atom. The summed E-state index contributed by atoms with van der Waals surface area (Å²) in [6.07, 6.45) is 0. The molecule has 1 amide bonds. The zero-order valence-corrected chi connectivity index (χ0v) is 16.9. The van der Waals surface area contributed by atoms with Gasteiger partial charge in [0.05, 0.1) is 23.3 Å². The number of nitrogens with one attached hydrogen (secondary N) is 1. The van der Waals surface area contributed by atoms with Crippen LogP contribution in [-0.2, 0) is 19.6 Å². The van der Waals surface area contributed by atoms with Crippen molar-refractivity contribution in [2.75, 3.05) is 33.1 Å². The summed E-state index contributed by atoms with van der Waals surface area (Å²) in [7, 11) is 0.574. The molecule has 0 radical (unpaired) electrons. The monoisotopic (exact) mass is 406 g/mol. The summed E-state index contributed by atoms with van der Waals surface area (Å²) in [6, 6.07) is 11.0. The predicted molar refractivity (Wildman–Crippen MR) is 104 cm³/mol. The van der Waals surface area contributed by atoms with E-state index in [1.807, 2.05) is 0 Å². The maximum Gasteiger partial charge on any atom is 0.338 e. The molecule has 0 atom stereocenters. The Hall–Kier alpha value is -2.91. The molecule has 150 valence electrons. The Bertz CT molecular complexity index is 986. The molecule has 0 saturated heterocycles. The lowest BCUT2D eigenvalue weighted by Gasteiger charge is -2.14. The number of ether oxygens (including phenoxy) is 2. The highest BCUT2D eigenvalue weighted by Crippen LogP contribution is 2.23. The van der Waals surface area contributed by atoms with E-state index in [1.54, 1.807) is 31.2 Å². The molecule has 0 fully saturated rings.